The summed E-state index contributed by atoms with van der Waals surface area (Å²) in [5.74, 6) is -1.72. The zero-order chi connectivity index (χ0) is 30.8. The summed E-state index contributed by atoms with van der Waals surface area (Å²) in [6.07, 6.45) is 14.5. The molecule has 2 heterocycles. The van der Waals surface area contributed by atoms with Crippen LogP contribution in [0.25, 0.3) is 6.08 Å². The molecular formula is C34H41N6NaO3. The molecule has 0 atom stereocenters. The number of aromatic nitrogens is 2. The molecule has 1 saturated carbocycles. The molecule has 0 spiro atoms. The normalized spacial score (nSPS) is 13.7. The fourth-order valence-electron chi connectivity index (χ4n) is 5.08. The zero-order valence-corrected chi connectivity index (χ0v) is 27.7. The predicted molar refractivity (Wildman–Crippen MR) is 171 cm³/mol. The van der Waals surface area contributed by atoms with Crippen molar-refractivity contribution < 1.29 is 44.6 Å². The first kappa shape index (κ1) is 35.1. The van der Waals surface area contributed by atoms with Crippen molar-refractivity contribution in [3.8, 4) is 0 Å². The van der Waals surface area contributed by atoms with E-state index in [1.165, 1.54) is 50.5 Å². The first-order valence-electron chi connectivity index (χ1n) is 14.8. The molecule has 7 N–H and O–H groups in total. The molecule has 1 aliphatic carbocycles. The van der Waals surface area contributed by atoms with Crippen LogP contribution in [0.3, 0.4) is 0 Å². The summed E-state index contributed by atoms with van der Waals surface area (Å²) in [4.78, 5) is 20.9. The SMILES string of the molecule is C=C(CCCCC(O)(O)/C=C/c1[c-]c(C(=N)c2ccc(C(=O)Nc3cc(C)ccn3)cc2)c(N)nc1)NC1CCCCC1.[Na+]. The molecule has 0 aliphatic heterocycles. The number of anilines is 2. The molecule has 0 saturated heterocycles. The molecule has 1 aliphatic rings. The minimum Gasteiger partial charge on any atom is -0.414 e. The Labute approximate surface area is 281 Å². The number of rotatable bonds is 13. The van der Waals surface area contributed by atoms with E-state index >= 15 is 0 Å². The Hall–Kier alpha value is -3.34. The van der Waals surface area contributed by atoms with E-state index in [9.17, 15) is 15.0 Å². The van der Waals surface area contributed by atoms with Crippen molar-refractivity contribution in [1.82, 2.24) is 15.3 Å². The monoisotopic (exact) mass is 604 g/mol. The van der Waals surface area contributed by atoms with Gasteiger partial charge in [0.1, 0.15) is 5.82 Å². The number of nitrogens with two attached hydrogens (primary N) is 1. The molecule has 44 heavy (non-hydrogen) atoms. The third-order valence-corrected chi connectivity index (χ3v) is 7.53. The van der Waals surface area contributed by atoms with E-state index in [2.05, 4.69) is 33.2 Å². The standard InChI is InChI=1S/C34H41N6O3.Na/c1-23-16-19-37-30(20-23)40-33(41)27-13-11-26(12-14-27)31(35)29-21-25(22-38-32(29)36)15-18-34(42,43)17-7-6-8-24(2)39-28-9-4-3-5-10-28;/h11-16,18-20,22,28,35,39,42-43H,2-10,17H2,1H3,(H2,36,38)(H,37,40,41);/q-1;+1/b18-15+,35-31?;. The van der Waals surface area contributed by atoms with Gasteiger partial charge in [0.15, 0.2) is 5.79 Å². The first-order valence-corrected chi connectivity index (χ1v) is 14.8. The summed E-state index contributed by atoms with van der Waals surface area (Å²) in [5, 5.41) is 35.9. The van der Waals surface area contributed by atoms with Gasteiger partial charge in [0.05, 0.1) is 5.82 Å². The van der Waals surface area contributed by atoms with Crippen molar-refractivity contribution in [3.05, 3.63) is 101 Å². The summed E-state index contributed by atoms with van der Waals surface area (Å²) < 4.78 is 0. The second-order valence-corrected chi connectivity index (χ2v) is 11.2. The summed E-state index contributed by atoms with van der Waals surface area (Å²) in [5.41, 5.74) is 9.80. The number of nitrogens with zero attached hydrogens (tertiary/aromatic N) is 2. The Morgan fingerprint density at radius 3 is 2.55 bits per heavy atom. The Morgan fingerprint density at radius 1 is 1.14 bits per heavy atom. The van der Waals surface area contributed by atoms with Crippen molar-refractivity contribution in [1.29, 1.82) is 5.41 Å². The quantitative estimate of drug-likeness (QED) is 0.0576. The van der Waals surface area contributed by atoms with Gasteiger partial charge in [-0.15, -0.1) is 17.7 Å². The maximum atomic E-state index is 12.6. The number of benzene rings is 1. The fourth-order valence-corrected chi connectivity index (χ4v) is 5.08. The van der Waals surface area contributed by atoms with Crippen LogP contribution in [0.5, 0.6) is 0 Å². The molecule has 1 fully saturated rings. The summed E-state index contributed by atoms with van der Waals surface area (Å²) >= 11 is 0. The zero-order valence-electron chi connectivity index (χ0n) is 25.7. The number of carbonyl (C=O) groups is 1. The number of aliphatic hydroxyl groups is 2. The Morgan fingerprint density at radius 2 is 1.84 bits per heavy atom. The molecule has 3 aromatic rings. The van der Waals surface area contributed by atoms with Crippen molar-refractivity contribution in [2.75, 3.05) is 11.1 Å². The molecule has 226 valence electrons. The van der Waals surface area contributed by atoms with Gasteiger partial charge in [-0.05, 0) is 80.6 Å². The summed E-state index contributed by atoms with van der Waals surface area (Å²) in [6, 6.07) is 13.7. The van der Waals surface area contributed by atoms with Crippen molar-refractivity contribution >= 4 is 29.3 Å². The molecule has 0 bridgehead atoms. The van der Waals surface area contributed by atoms with Gasteiger partial charge in [0.2, 0.25) is 0 Å². The van der Waals surface area contributed by atoms with Crippen molar-refractivity contribution in [2.45, 2.75) is 76.5 Å². The molecule has 2 aromatic heterocycles. The van der Waals surface area contributed by atoms with E-state index in [0.717, 1.165) is 24.1 Å². The van der Waals surface area contributed by atoms with Crippen LogP contribution in [-0.4, -0.2) is 43.6 Å². The van der Waals surface area contributed by atoms with Gasteiger partial charge < -0.3 is 37.0 Å². The fraction of sp³-hybridized carbons (Fsp3) is 0.353. The molecule has 4 rings (SSSR count). The minimum absolute atomic E-state index is 0. The maximum Gasteiger partial charge on any atom is 1.00 e. The van der Waals surface area contributed by atoms with Crippen LogP contribution in [0.4, 0.5) is 11.6 Å². The summed E-state index contributed by atoms with van der Waals surface area (Å²) in [7, 11) is 0. The number of hydrogen-bond acceptors (Lipinski definition) is 8. The van der Waals surface area contributed by atoms with Crippen LogP contribution < -0.4 is 45.9 Å². The van der Waals surface area contributed by atoms with E-state index in [1.54, 1.807) is 36.5 Å². The third kappa shape index (κ3) is 10.7. The number of allylic oxidation sites excluding steroid dienone is 1. The van der Waals surface area contributed by atoms with Gasteiger partial charge in [0, 0.05) is 35.6 Å². The van der Waals surface area contributed by atoms with Gasteiger partial charge in [-0.2, -0.15) is 0 Å². The third-order valence-electron chi connectivity index (χ3n) is 7.53. The van der Waals surface area contributed by atoms with Crippen LogP contribution in [0.15, 0.2) is 67.1 Å². The molecule has 10 heteroatoms. The van der Waals surface area contributed by atoms with Crippen LogP contribution in [-0.2, 0) is 0 Å². The average Bonchev–Trinajstić information content (AvgIpc) is 2.99. The van der Waals surface area contributed by atoms with E-state index in [-0.39, 0.29) is 59.0 Å². The maximum absolute atomic E-state index is 12.6. The van der Waals surface area contributed by atoms with Crippen LogP contribution >= 0.6 is 0 Å². The second-order valence-electron chi connectivity index (χ2n) is 11.2. The van der Waals surface area contributed by atoms with Crippen molar-refractivity contribution in [2.24, 2.45) is 0 Å². The van der Waals surface area contributed by atoms with Crippen LogP contribution in [0.1, 0.15) is 90.4 Å². The van der Waals surface area contributed by atoms with Crippen molar-refractivity contribution in [3.63, 3.8) is 0 Å². The van der Waals surface area contributed by atoms with Gasteiger partial charge >= 0.3 is 29.6 Å². The van der Waals surface area contributed by atoms with Gasteiger partial charge in [-0.1, -0.05) is 49.6 Å². The second kappa shape index (κ2) is 16.7. The molecule has 0 unspecified atom stereocenters. The Bertz CT molecular complexity index is 1470. The Balaban J connectivity index is 0.00000529. The molecule has 9 nitrogen and oxygen atoms in total. The average molecular weight is 605 g/mol. The van der Waals surface area contributed by atoms with E-state index in [1.807, 2.05) is 13.0 Å². The number of amides is 1. The number of pyridine rings is 2. The van der Waals surface area contributed by atoms with Crippen LogP contribution in [0, 0.1) is 18.4 Å². The minimum atomic E-state index is -1.99. The molecular weight excluding hydrogens is 563 g/mol. The van der Waals surface area contributed by atoms with E-state index in [0.29, 0.717) is 35.0 Å². The van der Waals surface area contributed by atoms with Gasteiger partial charge in [-0.3, -0.25) is 4.79 Å². The van der Waals surface area contributed by atoms with Gasteiger partial charge in [0.25, 0.3) is 5.91 Å². The van der Waals surface area contributed by atoms with Gasteiger partial charge in [-0.25, -0.2) is 4.98 Å². The number of nitrogens with one attached hydrogen (secondary N) is 3. The topological polar surface area (TPSA) is 157 Å². The Kier molecular flexibility index (Phi) is 13.3. The number of hydrogen-bond donors (Lipinski definition) is 6. The largest absolute Gasteiger partial charge is 1.00 e. The molecule has 0 radical (unpaired) electrons. The molecule has 1 aromatic carbocycles. The van der Waals surface area contributed by atoms with E-state index in [4.69, 9.17) is 11.1 Å². The number of carbonyl (C=O) groups excluding carboxylic acids is 1. The number of nitrogen functional groups attached to an aromatic ring is 1. The summed E-state index contributed by atoms with van der Waals surface area (Å²) in [6.45, 7) is 6.05. The first-order chi connectivity index (χ1) is 20.6. The molecule has 1 amide bonds. The smallest absolute Gasteiger partial charge is 0.414 e. The number of unbranched alkanes of at least 4 members (excludes halogenated alkanes) is 1. The predicted octanol–water partition coefficient (Wildman–Crippen LogP) is 2.53. The van der Waals surface area contributed by atoms with E-state index < -0.39 is 5.79 Å². The van der Waals surface area contributed by atoms with Crippen LogP contribution in [0.2, 0.25) is 0 Å². The number of aryl methyl sites for hydroxylation is 1.